The van der Waals surface area contributed by atoms with Crippen LogP contribution in [0.4, 0.5) is 4.39 Å². The van der Waals surface area contributed by atoms with Crippen molar-refractivity contribution in [2.24, 2.45) is 7.05 Å². The zero-order valence-corrected chi connectivity index (χ0v) is 14.2. The molecule has 2 aromatic heterocycles. The summed E-state index contributed by atoms with van der Waals surface area (Å²) in [6.07, 6.45) is 0. The van der Waals surface area contributed by atoms with Crippen molar-refractivity contribution in [3.63, 3.8) is 0 Å². The van der Waals surface area contributed by atoms with Gasteiger partial charge in [0.1, 0.15) is 10.5 Å². The lowest BCUT2D eigenvalue weighted by Gasteiger charge is -2.14. The zero-order valence-electron chi connectivity index (χ0n) is 11.8. The van der Waals surface area contributed by atoms with Crippen molar-refractivity contribution in [2.45, 2.75) is 17.3 Å². The van der Waals surface area contributed by atoms with Crippen molar-refractivity contribution in [1.29, 1.82) is 0 Å². The molecular weight excluding hydrogens is 343 g/mol. The number of hydrogen-bond donors (Lipinski definition) is 0. The standard InChI is InChI=1S/C15H12ClFN2OS2/c1-8(9-3-4-11(17)10(16)7-9)22-15-18-12-5-6-21-13(12)14(20)19(15)2/h3-8H,1-2H3. The van der Waals surface area contributed by atoms with Crippen molar-refractivity contribution in [3.05, 3.63) is 56.4 Å². The highest BCUT2D eigenvalue weighted by Gasteiger charge is 2.15. The van der Waals surface area contributed by atoms with Gasteiger partial charge in [0.05, 0.1) is 10.5 Å². The van der Waals surface area contributed by atoms with Gasteiger partial charge >= 0.3 is 0 Å². The quantitative estimate of drug-likeness (QED) is 0.507. The van der Waals surface area contributed by atoms with Gasteiger partial charge in [-0.2, -0.15) is 0 Å². The van der Waals surface area contributed by atoms with E-state index in [1.54, 1.807) is 23.7 Å². The van der Waals surface area contributed by atoms with E-state index in [0.29, 0.717) is 15.4 Å². The molecule has 3 aromatic rings. The lowest BCUT2D eigenvalue weighted by atomic mass is 10.2. The van der Waals surface area contributed by atoms with Crippen LogP contribution in [0.15, 0.2) is 39.6 Å². The topological polar surface area (TPSA) is 34.9 Å². The van der Waals surface area contributed by atoms with Gasteiger partial charge in [-0.05, 0) is 36.1 Å². The molecule has 0 saturated heterocycles. The summed E-state index contributed by atoms with van der Waals surface area (Å²) in [5, 5.41) is 2.58. The van der Waals surface area contributed by atoms with Crippen LogP contribution in [-0.2, 0) is 7.05 Å². The number of nitrogens with zero attached hydrogens (tertiary/aromatic N) is 2. The molecule has 1 unspecified atom stereocenters. The van der Waals surface area contributed by atoms with Gasteiger partial charge in [-0.3, -0.25) is 9.36 Å². The van der Waals surface area contributed by atoms with Crippen molar-refractivity contribution in [2.75, 3.05) is 0 Å². The van der Waals surface area contributed by atoms with E-state index < -0.39 is 5.82 Å². The number of thioether (sulfide) groups is 1. The fourth-order valence-corrected chi connectivity index (χ4v) is 4.05. The molecule has 1 atom stereocenters. The van der Waals surface area contributed by atoms with E-state index in [0.717, 1.165) is 5.56 Å². The number of halogens is 2. The van der Waals surface area contributed by atoms with Crippen LogP contribution in [0.2, 0.25) is 5.02 Å². The first kappa shape index (κ1) is 15.5. The van der Waals surface area contributed by atoms with Gasteiger partial charge in [-0.25, -0.2) is 9.37 Å². The molecule has 0 fully saturated rings. The van der Waals surface area contributed by atoms with Gasteiger partial charge < -0.3 is 0 Å². The van der Waals surface area contributed by atoms with Gasteiger partial charge in [0.15, 0.2) is 5.16 Å². The van der Waals surface area contributed by atoms with E-state index >= 15 is 0 Å². The molecule has 0 aliphatic rings. The van der Waals surface area contributed by atoms with E-state index in [-0.39, 0.29) is 15.8 Å². The second-order valence-corrected chi connectivity index (χ2v) is 7.46. The normalized spacial score (nSPS) is 12.7. The largest absolute Gasteiger partial charge is 0.289 e. The second-order valence-electron chi connectivity index (χ2n) is 4.83. The third-order valence-electron chi connectivity index (χ3n) is 3.34. The molecule has 0 aliphatic carbocycles. The Hall–Kier alpha value is -1.37. The van der Waals surface area contributed by atoms with Gasteiger partial charge in [0.2, 0.25) is 0 Å². The van der Waals surface area contributed by atoms with E-state index in [9.17, 15) is 9.18 Å². The fourth-order valence-electron chi connectivity index (χ4n) is 2.06. The molecule has 114 valence electrons. The molecule has 0 amide bonds. The molecule has 2 heterocycles. The molecule has 0 aliphatic heterocycles. The van der Waals surface area contributed by atoms with Crippen LogP contribution >= 0.6 is 34.7 Å². The van der Waals surface area contributed by atoms with Crippen LogP contribution in [-0.4, -0.2) is 9.55 Å². The van der Waals surface area contributed by atoms with Gasteiger partial charge in [-0.1, -0.05) is 29.4 Å². The first-order valence-electron chi connectivity index (χ1n) is 6.53. The molecule has 0 radical (unpaired) electrons. The summed E-state index contributed by atoms with van der Waals surface area (Å²) in [7, 11) is 1.71. The lowest BCUT2D eigenvalue weighted by molar-refractivity contribution is 0.627. The Bertz CT molecular complexity index is 906. The van der Waals surface area contributed by atoms with E-state index in [4.69, 9.17) is 11.6 Å². The zero-order chi connectivity index (χ0) is 15.9. The summed E-state index contributed by atoms with van der Waals surface area (Å²) in [6, 6.07) is 6.49. The summed E-state index contributed by atoms with van der Waals surface area (Å²) < 4.78 is 15.5. The maximum atomic E-state index is 13.2. The predicted molar refractivity (Wildman–Crippen MR) is 90.5 cm³/mol. The van der Waals surface area contributed by atoms with Crippen molar-refractivity contribution < 1.29 is 4.39 Å². The lowest BCUT2D eigenvalue weighted by Crippen LogP contribution is -2.19. The monoisotopic (exact) mass is 354 g/mol. The van der Waals surface area contributed by atoms with Crippen LogP contribution in [0, 0.1) is 5.82 Å². The van der Waals surface area contributed by atoms with Crippen LogP contribution in [0.1, 0.15) is 17.7 Å². The number of benzene rings is 1. The highest BCUT2D eigenvalue weighted by molar-refractivity contribution is 7.99. The third kappa shape index (κ3) is 2.78. The molecule has 0 bridgehead atoms. The third-order valence-corrected chi connectivity index (χ3v) is 5.72. The second kappa shape index (κ2) is 6.02. The maximum Gasteiger partial charge on any atom is 0.271 e. The van der Waals surface area contributed by atoms with Crippen LogP contribution in [0.25, 0.3) is 10.2 Å². The summed E-state index contributed by atoms with van der Waals surface area (Å²) in [4.78, 5) is 16.8. The summed E-state index contributed by atoms with van der Waals surface area (Å²) in [5.74, 6) is -0.437. The maximum absolute atomic E-state index is 13.2. The first-order valence-corrected chi connectivity index (χ1v) is 8.67. The van der Waals surface area contributed by atoms with E-state index in [1.165, 1.54) is 29.2 Å². The Kier molecular flexibility index (Phi) is 4.25. The number of aromatic nitrogens is 2. The van der Waals surface area contributed by atoms with Crippen molar-refractivity contribution in [1.82, 2.24) is 9.55 Å². The van der Waals surface area contributed by atoms with E-state index in [2.05, 4.69) is 4.98 Å². The molecule has 0 spiro atoms. The average Bonchev–Trinajstić information content (AvgIpc) is 2.95. The highest BCUT2D eigenvalue weighted by atomic mass is 35.5. The summed E-state index contributed by atoms with van der Waals surface area (Å²) >= 11 is 8.66. The van der Waals surface area contributed by atoms with Crippen LogP contribution < -0.4 is 5.56 Å². The summed E-state index contributed by atoms with van der Waals surface area (Å²) in [5.41, 5.74) is 1.54. The molecule has 1 aromatic carbocycles. The number of fused-ring (bicyclic) bond motifs is 1. The minimum absolute atomic E-state index is 0.00714. The number of rotatable bonds is 3. The van der Waals surface area contributed by atoms with E-state index in [1.807, 2.05) is 18.4 Å². The molecule has 0 saturated carbocycles. The molecular formula is C15H12ClFN2OS2. The van der Waals surface area contributed by atoms with Crippen molar-refractivity contribution >= 4 is 44.9 Å². The van der Waals surface area contributed by atoms with Crippen LogP contribution in [0.5, 0.6) is 0 Å². The minimum atomic E-state index is -0.437. The SMILES string of the molecule is CC(Sc1nc2ccsc2c(=O)n1C)c1ccc(F)c(Cl)c1. The molecule has 22 heavy (non-hydrogen) atoms. The summed E-state index contributed by atoms with van der Waals surface area (Å²) in [6.45, 7) is 1.97. The van der Waals surface area contributed by atoms with Gasteiger partial charge in [0, 0.05) is 12.3 Å². The Balaban J connectivity index is 1.96. The highest BCUT2D eigenvalue weighted by Crippen LogP contribution is 2.35. The first-order chi connectivity index (χ1) is 10.5. The number of thiophene rings is 1. The van der Waals surface area contributed by atoms with Crippen molar-refractivity contribution in [3.8, 4) is 0 Å². The predicted octanol–water partition coefficient (Wildman–Crippen LogP) is 4.64. The van der Waals surface area contributed by atoms with Crippen LogP contribution in [0.3, 0.4) is 0 Å². The molecule has 3 rings (SSSR count). The molecule has 0 N–H and O–H groups in total. The Morgan fingerprint density at radius 1 is 1.41 bits per heavy atom. The Morgan fingerprint density at radius 2 is 2.18 bits per heavy atom. The molecule has 7 heteroatoms. The minimum Gasteiger partial charge on any atom is -0.289 e. The Morgan fingerprint density at radius 3 is 2.91 bits per heavy atom. The molecule has 3 nitrogen and oxygen atoms in total. The fraction of sp³-hybridized carbons (Fsp3) is 0.200. The Labute approximate surface area is 139 Å². The smallest absolute Gasteiger partial charge is 0.271 e. The van der Waals surface area contributed by atoms with Gasteiger partial charge in [-0.15, -0.1) is 11.3 Å². The van der Waals surface area contributed by atoms with Gasteiger partial charge in [0.25, 0.3) is 5.56 Å². The average molecular weight is 355 g/mol. The number of hydrogen-bond acceptors (Lipinski definition) is 4.